The van der Waals surface area contributed by atoms with E-state index in [0.717, 1.165) is 54.4 Å². The number of phenols is 4. The summed E-state index contributed by atoms with van der Waals surface area (Å²) < 4.78 is 0. The number of hydrogen-bond acceptors (Lipinski definition) is 4. The quantitative estimate of drug-likeness (QED) is 0.139. The average molecular weight is 483 g/mol. The summed E-state index contributed by atoms with van der Waals surface area (Å²) in [6, 6.07) is 29.4. The Morgan fingerprint density at radius 3 is 1.22 bits per heavy atom. The molecule has 0 aliphatic heterocycles. The third-order valence-electron chi connectivity index (χ3n) is 7.13. The molecule has 1 atom stereocenters. The van der Waals surface area contributed by atoms with Crippen molar-refractivity contribution >= 4 is 0 Å². The molecule has 0 aromatic heterocycles. The van der Waals surface area contributed by atoms with Gasteiger partial charge >= 0.3 is 0 Å². The predicted octanol–water partition coefficient (Wildman–Crippen LogP) is 7.60. The lowest BCUT2D eigenvalue weighted by atomic mass is 9.58. The molecule has 0 amide bonds. The molecule has 0 aliphatic carbocycles. The van der Waals surface area contributed by atoms with Gasteiger partial charge in [-0.05, 0) is 77.2 Å². The lowest BCUT2D eigenvalue weighted by Gasteiger charge is -2.43. The molecule has 4 N–H and O–H groups in total. The number of benzene rings is 4. The van der Waals surface area contributed by atoms with Crippen molar-refractivity contribution in [1.29, 1.82) is 0 Å². The van der Waals surface area contributed by atoms with Gasteiger partial charge in [-0.3, -0.25) is 0 Å². The van der Waals surface area contributed by atoms with Crippen LogP contribution in [-0.2, 0) is 5.41 Å². The largest absolute Gasteiger partial charge is 0.508 e. The molecule has 0 radical (unpaired) electrons. The van der Waals surface area contributed by atoms with Crippen LogP contribution < -0.4 is 0 Å². The highest BCUT2D eigenvalue weighted by Crippen LogP contribution is 2.52. The van der Waals surface area contributed by atoms with Crippen LogP contribution in [-0.4, -0.2) is 20.4 Å². The highest BCUT2D eigenvalue weighted by Gasteiger charge is 2.44. The number of aromatic hydroxyl groups is 4. The first-order chi connectivity index (χ1) is 17.4. The van der Waals surface area contributed by atoms with Crippen LogP contribution in [0.5, 0.6) is 23.0 Å². The Morgan fingerprint density at radius 2 is 0.861 bits per heavy atom. The summed E-state index contributed by atoms with van der Waals surface area (Å²) in [6.45, 7) is 2.20. The van der Waals surface area contributed by atoms with E-state index in [2.05, 4.69) is 6.92 Å². The smallest absolute Gasteiger partial charge is 0.115 e. The Balaban J connectivity index is 2.04. The van der Waals surface area contributed by atoms with E-state index in [1.54, 1.807) is 48.5 Å². The van der Waals surface area contributed by atoms with Crippen molar-refractivity contribution in [1.82, 2.24) is 0 Å². The molecule has 36 heavy (non-hydrogen) atoms. The summed E-state index contributed by atoms with van der Waals surface area (Å²) in [4.78, 5) is 0. The van der Waals surface area contributed by atoms with Crippen LogP contribution in [0.25, 0.3) is 0 Å². The molecule has 4 heteroatoms. The van der Waals surface area contributed by atoms with Crippen LogP contribution in [0.2, 0.25) is 0 Å². The minimum absolute atomic E-state index is 0.0337. The molecule has 4 nitrogen and oxygen atoms in total. The minimum Gasteiger partial charge on any atom is -0.508 e. The first-order valence-electron chi connectivity index (χ1n) is 12.6. The van der Waals surface area contributed by atoms with Gasteiger partial charge in [0.15, 0.2) is 0 Å². The summed E-state index contributed by atoms with van der Waals surface area (Å²) in [7, 11) is 0. The van der Waals surface area contributed by atoms with E-state index in [4.69, 9.17) is 0 Å². The van der Waals surface area contributed by atoms with Crippen molar-refractivity contribution in [2.75, 3.05) is 0 Å². The lowest BCUT2D eigenvalue weighted by molar-refractivity contribution is 0.424. The SMILES string of the molecule is CCCCCCC(c1ccc(O)cc1)C(c1ccc(O)cc1)(c1ccc(O)cc1)c1ccc(O)cc1. The second-order valence-electron chi connectivity index (χ2n) is 9.44. The van der Waals surface area contributed by atoms with Crippen molar-refractivity contribution in [3.8, 4) is 23.0 Å². The molecule has 0 saturated carbocycles. The van der Waals surface area contributed by atoms with Gasteiger partial charge in [0, 0.05) is 5.92 Å². The van der Waals surface area contributed by atoms with Gasteiger partial charge in [-0.2, -0.15) is 0 Å². The fourth-order valence-electron chi connectivity index (χ4n) is 5.39. The van der Waals surface area contributed by atoms with Gasteiger partial charge in [0.1, 0.15) is 23.0 Å². The standard InChI is InChI=1S/C32H34O4/c1-2-3-4-5-6-31(23-7-15-27(33)16-8-23)32(24-9-17-28(34)18-10-24,25-11-19-29(35)20-12-25)26-13-21-30(36)22-14-26/h7-22,31,33-36H,2-6H2,1H3. The van der Waals surface area contributed by atoms with Gasteiger partial charge in [-0.1, -0.05) is 81.1 Å². The Morgan fingerprint density at radius 1 is 0.500 bits per heavy atom. The maximum Gasteiger partial charge on any atom is 0.115 e. The van der Waals surface area contributed by atoms with Crippen molar-refractivity contribution in [2.45, 2.75) is 50.4 Å². The first kappa shape index (κ1) is 25.2. The summed E-state index contributed by atoms with van der Waals surface area (Å²) in [5.74, 6) is 0.746. The lowest BCUT2D eigenvalue weighted by Crippen LogP contribution is -2.36. The third-order valence-corrected chi connectivity index (χ3v) is 7.13. The molecule has 186 valence electrons. The molecule has 1 unspecified atom stereocenters. The highest BCUT2D eigenvalue weighted by atomic mass is 16.3. The van der Waals surface area contributed by atoms with E-state index in [-0.39, 0.29) is 28.9 Å². The maximum absolute atomic E-state index is 10.1. The number of rotatable bonds is 10. The van der Waals surface area contributed by atoms with E-state index >= 15 is 0 Å². The molecule has 4 rings (SSSR count). The van der Waals surface area contributed by atoms with E-state index < -0.39 is 5.41 Å². The molecule has 4 aromatic rings. The maximum atomic E-state index is 10.1. The van der Waals surface area contributed by atoms with Gasteiger partial charge in [0.2, 0.25) is 0 Å². The van der Waals surface area contributed by atoms with Gasteiger partial charge in [-0.25, -0.2) is 0 Å². The number of unbranched alkanes of at least 4 members (excludes halogenated alkanes) is 3. The average Bonchev–Trinajstić information content (AvgIpc) is 2.89. The molecule has 0 fully saturated rings. The van der Waals surface area contributed by atoms with Gasteiger partial charge in [0.25, 0.3) is 0 Å². The van der Waals surface area contributed by atoms with Crippen LogP contribution >= 0.6 is 0 Å². The van der Waals surface area contributed by atoms with Gasteiger partial charge in [-0.15, -0.1) is 0 Å². The molecular formula is C32H34O4. The fraction of sp³-hybridized carbons (Fsp3) is 0.250. The van der Waals surface area contributed by atoms with Crippen LogP contribution in [0, 0.1) is 0 Å². The Labute approximate surface area is 213 Å². The minimum atomic E-state index is -0.696. The zero-order chi connectivity index (χ0) is 25.5. The van der Waals surface area contributed by atoms with E-state index in [1.807, 2.05) is 48.5 Å². The topological polar surface area (TPSA) is 80.9 Å². The normalized spacial score (nSPS) is 12.4. The van der Waals surface area contributed by atoms with E-state index in [0.29, 0.717) is 0 Å². The Kier molecular flexibility index (Phi) is 7.84. The van der Waals surface area contributed by atoms with Crippen LogP contribution in [0.4, 0.5) is 0 Å². The Bertz CT molecular complexity index is 1120. The summed E-state index contributed by atoms with van der Waals surface area (Å²) in [5, 5.41) is 40.4. The zero-order valence-electron chi connectivity index (χ0n) is 20.6. The van der Waals surface area contributed by atoms with E-state index in [1.165, 1.54) is 0 Å². The van der Waals surface area contributed by atoms with Crippen molar-refractivity contribution in [3.05, 3.63) is 119 Å². The Hall–Kier alpha value is -3.92. The monoisotopic (exact) mass is 482 g/mol. The zero-order valence-corrected chi connectivity index (χ0v) is 20.6. The summed E-state index contributed by atoms with van der Waals surface area (Å²) in [5.41, 5.74) is 3.36. The molecule has 0 aliphatic rings. The second kappa shape index (κ2) is 11.2. The fourth-order valence-corrected chi connectivity index (χ4v) is 5.39. The number of hydrogen-bond donors (Lipinski definition) is 4. The van der Waals surface area contributed by atoms with E-state index in [9.17, 15) is 20.4 Å². The molecular weight excluding hydrogens is 448 g/mol. The third kappa shape index (κ3) is 5.18. The summed E-state index contributed by atoms with van der Waals surface area (Å²) >= 11 is 0. The molecule has 0 bridgehead atoms. The predicted molar refractivity (Wildman–Crippen MR) is 144 cm³/mol. The summed E-state index contributed by atoms with van der Waals surface area (Å²) in [6.07, 6.45) is 5.32. The van der Waals surface area contributed by atoms with Gasteiger partial charge < -0.3 is 20.4 Å². The first-order valence-corrected chi connectivity index (χ1v) is 12.6. The van der Waals surface area contributed by atoms with Crippen molar-refractivity contribution in [3.63, 3.8) is 0 Å². The molecule has 4 aromatic carbocycles. The second-order valence-corrected chi connectivity index (χ2v) is 9.44. The van der Waals surface area contributed by atoms with Crippen LogP contribution in [0.3, 0.4) is 0 Å². The molecule has 0 saturated heterocycles. The van der Waals surface area contributed by atoms with Crippen molar-refractivity contribution < 1.29 is 20.4 Å². The molecule has 0 heterocycles. The highest BCUT2D eigenvalue weighted by molar-refractivity contribution is 5.56. The molecule has 0 spiro atoms. The number of phenolic OH excluding ortho intramolecular Hbond substituents is 4. The van der Waals surface area contributed by atoms with Crippen LogP contribution in [0.1, 0.15) is 67.2 Å². The van der Waals surface area contributed by atoms with Crippen LogP contribution in [0.15, 0.2) is 97.1 Å². The van der Waals surface area contributed by atoms with Crippen molar-refractivity contribution in [2.24, 2.45) is 0 Å². The van der Waals surface area contributed by atoms with Gasteiger partial charge in [0.05, 0.1) is 5.41 Å².